The average molecular weight is 417 g/mol. The predicted molar refractivity (Wildman–Crippen MR) is 109 cm³/mol. The topological polar surface area (TPSA) is 66.7 Å². The molecule has 6 nitrogen and oxygen atoms in total. The Morgan fingerprint density at radius 2 is 2.07 bits per heavy atom. The van der Waals surface area contributed by atoms with Crippen LogP contribution >= 0.6 is 23.2 Å². The molecule has 0 radical (unpaired) electrons. The SMILES string of the molecule is Cc1cccc2nc(CNC(=O)C3CCN(c4ccc(Cl)c(Cl)c4)C3=O)cn12. The Hall–Kier alpha value is -2.57. The number of nitrogens with zero attached hydrogens (tertiary/aromatic N) is 3. The van der Waals surface area contributed by atoms with Gasteiger partial charge in [0.05, 0.1) is 22.3 Å². The van der Waals surface area contributed by atoms with Gasteiger partial charge in [-0.1, -0.05) is 29.3 Å². The number of hydrogen-bond acceptors (Lipinski definition) is 3. The third kappa shape index (κ3) is 3.45. The van der Waals surface area contributed by atoms with Crippen LogP contribution in [-0.4, -0.2) is 27.7 Å². The molecular weight excluding hydrogens is 399 g/mol. The Labute approximate surface area is 172 Å². The van der Waals surface area contributed by atoms with Gasteiger partial charge in [-0.05, 0) is 43.7 Å². The fraction of sp³-hybridized carbons (Fsp3) is 0.250. The molecular formula is C20H18Cl2N4O2. The number of nitrogens with one attached hydrogen (secondary N) is 1. The number of amides is 2. The number of aromatic nitrogens is 2. The number of carbonyl (C=O) groups is 2. The van der Waals surface area contributed by atoms with Gasteiger partial charge in [0.2, 0.25) is 11.8 Å². The molecule has 1 N–H and O–H groups in total. The lowest BCUT2D eigenvalue weighted by atomic mass is 10.1. The van der Waals surface area contributed by atoms with Gasteiger partial charge in [0.1, 0.15) is 11.6 Å². The largest absolute Gasteiger partial charge is 0.350 e. The van der Waals surface area contributed by atoms with E-state index < -0.39 is 5.92 Å². The van der Waals surface area contributed by atoms with E-state index in [1.54, 1.807) is 23.1 Å². The van der Waals surface area contributed by atoms with Gasteiger partial charge in [0, 0.05) is 24.1 Å². The molecule has 1 aliphatic rings. The van der Waals surface area contributed by atoms with E-state index >= 15 is 0 Å². The van der Waals surface area contributed by atoms with Crippen molar-refractivity contribution in [2.45, 2.75) is 19.9 Å². The minimum atomic E-state index is -0.715. The van der Waals surface area contributed by atoms with Crippen LogP contribution in [0.4, 0.5) is 5.69 Å². The molecule has 1 aromatic carbocycles. The maximum Gasteiger partial charge on any atom is 0.239 e. The van der Waals surface area contributed by atoms with Gasteiger partial charge in [-0.15, -0.1) is 0 Å². The molecule has 3 heterocycles. The third-order valence-electron chi connectivity index (χ3n) is 4.93. The molecule has 144 valence electrons. The highest BCUT2D eigenvalue weighted by molar-refractivity contribution is 6.42. The lowest BCUT2D eigenvalue weighted by Gasteiger charge is -2.17. The monoisotopic (exact) mass is 416 g/mol. The molecule has 28 heavy (non-hydrogen) atoms. The maximum absolute atomic E-state index is 12.7. The molecule has 4 rings (SSSR count). The van der Waals surface area contributed by atoms with Gasteiger partial charge in [0.25, 0.3) is 0 Å². The van der Waals surface area contributed by atoms with Crippen molar-refractivity contribution in [1.29, 1.82) is 0 Å². The summed E-state index contributed by atoms with van der Waals surface area (Å²) in [5.74, 6) is -1.24. The van der Waals surface area contributed by atoms with Crippen LogP contribution in [0.5, 0.6) is 0 Å². The lowest BCUT2D eigenvalue weighted by Crippen LogP contribution is -2.36. The molecule has 0 aliphatic carbocycles. The van der Waals surface area contributed by atoms with Crippen molar-refractivity contribution >= 4 is 46.4 Å². The molecule has 2 aromatic heterocycles. The number of fused-ring (bicyclic) bond motifs is 1. The van der Waals surface area contributed by atoms with Crippen molar-refractivity contribution < 1.29 is 9.59 Å². The summed E-state index contributed by atoms with van der Waals surface area (Å²) in [6.45, 7) is 2.73. The molecule has 0 bridgehead atoms. The quantitative estimate of drug-likeness (QED) is 0.660. The van der Waals surface area contributed by atoms with Gasteiger partial charge in [-0.3, -0.25) is 9.59 Å². The van der Waals surface area contributed by atoms with E-state index in [-0.39, 0.29) is 18.4 Å². The van der Waals surface area contributed by atoms with E-state index in [2.05, 4.69) is 10.3 Å². The fourth-order valence-corrected chi connectivity index (χ4v) is 3.71. The minimum absolute atomic E-state index is 0.235. The summed E-state index contributed by atoms with van der Waals surface area (Å²) >= 11 is 12.0. The Kier molecular flexibility index (Phi) is 5.00. The molecule has 0 saturated carbocycles. The molecule has 1 unspecified atom stereocenters. The van der Waals surface area contributed by atoms with Crippen LogP contribution < -0.4 is 10.2 Å². The zero-order valence-corrected chi connectivity index (χ0v) is 16.7. The minimum Gasteiger partial charge on any atom is -0.350 e. The molecule has 3 aromatic rings. The van der Waals surface area contributed by atoms with E-state index in [4.69, 9.17) is 23.2 Å². The van der Waals surface area contributed by atoms with Gasteiger partial charge >= 0.3 is 0 Å². The van der Waals surface area contributed by atoms with Crippen LogP contribution in [-0.2, 0) is 16.1 Å². The van der Waals surface area contributed by atoms with E-state index in [1.165, 1.54) is 0 Å². The molecule has 2 amide bonds. The smallest absolute Gasteiger partial charge is 0.239 e. The number of anilines is 1. The molecule has 1 aliphatic heterocycles. The summed E-state index contributed by atoms with van der Waals surface area (Å²) in [5.41, 5.74) is 3.28. The first-order valence-electron chi connectivity index (χ1n) is 8.92. The number of hydrogen-bond donors (Lipinski definition) is 1. The van der Waals surface area contributed by atoms with E-state index in [1.807, 2.05) is 35.7 Å². The maximum atomic E-state index is 12.7. The number of imidazole rings is 1. The number of pyridine rings is 1. The number of halogens is 2. The molecule has 1 fully saturated rings. The van der Waals surface area contributed by atoms with Crippen LogP contribution in [0.3, 0.4) is 0 Å². The van der Waals surface area contributed by atoms with Crippen LogP contribution in [0.2, 0.25) is 10.0 Å². The molecule has 1 saturated heterocycles. The van der Waals surface area contributed by atoms with Crippen molar-refractivity contribution in [3.63, 3.8) is 0 Å². The van der Waals surface area contributed by atoms with E-state index in [9.17, 15) is 9.59 Å². The summed E-state index contributed by atoms with van der Waals surface area (Å²) < 4.78 is 1.97. The van der Waals surface area contributed by atoms with Crippen LogP contribution in [0.1, 0.15) is 17.8 Å². The van der Waals surface area contributed by atoms with Crippen molar-refractivity contribution in [1.82, 2.24) is 14.7 Å². The fourth-order valence-electron chi connectivity index (χ4n) is 3.42. The van der Waals surface area contributed by atoms with Crippen molar-refractivity contribution in [3.8, 4) is 0 Å². The van der Waals surface area contributed by atoms with Crippen LogP contribution in [0.15, 0.2) is 42.6 Å². The van der Waals surface area contributed by atoms with Gasteiger partial charge < -0.3 is 14.6 Å². The normalized spacial score (nSPS) is 16.8. The van der Waals surface area contributed by atoms with Gasteiger partial charge in [-0.25, -0.2) is 4.98 Å². The first kappa shape index (κ1) is 18.8. The Morgan fingerprint density at radius 3 is 2.82 bits per heavy atom. The number of rotatable bonds is 4. The average Bonchev–Trinajstić information content (AvgIpc) is 3.26. The van der Waals surface area contributed by atoms with E-state index in [0.29, 0.717) is 28.7 Å². The Balaban J connectivity index is 1.42. The first-order chi connectivity index (χ1) is 13.4. The molecule has 8 heteroatoms. The zero-order valence-electron chi connectivity index (χ0n) is 15.2. The summed E-state index contributed by atoms with van der Waals surface area (Å²) in [6.07, 6.45) is 2.35. The van der Waals surface area contributed by atoms with Crippen LogP contribution in [0, 0.1) is 12.8 Å². The number of carbonyl (C=O) groups excluding carboxylic acids is 2. The van der Waals surface area contributed by atoms with Crippen molar-refractivity contribution in [2.75, 3.05) is 11.4 Å². The van der Waals surface area contributed by atoms with Crippen molar-refractivity contribution in [3.05, 3.63) is 64.0 Å². The third-order valence-corrected chi connectivity index (χ3v) is 5.67. The zero-order chi connectivity index (χ0) is 19.8. The number of aryl methyl sites for hydroxylation is 1. The van der Waals surface area contributed by atoms with Gasteiger partial charge in [-0.2, -0.15) is 0 Å². The highest BCUT2D eigenvalue weighted by Crippen LogP contribution is 2.31. The summed E-state index contributed by atoms with van der Waals surface area (Å²) in [5, 5.41) is 3.64. The number of benzene rings is 1. The second-order valence-corrected chi connectivity index (χ2v) is 7.59. The van der Waals surface area contributed by atoms with Gasteiger partial charge in [0.15, 0.2) is 0 Å². The predicted octanol–water partition coefficient (Wildman–Crippen LogP) is 3.62. The second kappa shape index (κ2) is 7.45. The summed E-state index contributed by atoms with van der Waals surface area (Å²) in [7, 11) is 0. The molecule has 0 spiro atoms. The highest BCUT2D eigenvalue weighted by Gasteiger charge is 2.37. The Morgan fingerprint density at radius 1 is 1.25 bits per heavy atom. The Bertz CT molecular complexity index is 1080. The lowest BCUT2D eigenvalue weighted by molar-refractivity contribution is -0.132. The highest BCUT2D eigenvalue weighted by atomic mass is 35.5. The molecule has 1 atom stereocenters. The summed E-state index contributed by atoms with van der Waals surface area (Å²) in [6, 6.07) is 10.9. The standard InChI is InChI=1S/C20H18Cl2N4O2/c1-12-3-2-4-18-24-13(11-26(12)18)10-23-19(27)15-7-8-25(20(15)28)14-5-6-16(21)17(22)9-14/h2-6,9,11,15H,7-8,10H2,1H3,(H,23,27). The second-order valence-electron chi connectivity index (χ2n) is 6.77. The van der Waals surface area contributed by atoms with Crippen molar-refractivity contribution in [2.24, 2.45) is 5.92 Å². The van der Waals surface area contributed by atoms with E-state index in [0.717, 1.165) is 17.0 Å². The summed E-state index contributed by atoms with van der Waals surface area (Å²) in [4.78, 5) is 31.3. The van der Waals surface area contributed by atoms with Crippen LogP contribution in [0.25, 0.3) is 5.65 Å². The first-order valence-corrected chi connectivity index (χ1v) is 9.67.